The van der Waals surface area contributed by atoms with Crippen LogP contribution in [0.15, 0.2) is 0 Å². The van der Waals surface area contributed by atoms with Crippen LogP contribution in [0.4, 0.5) is 4.79 Å². The van der Waals surface area contributed by atoms with E-state index in [-0.39, 0.29) is 18.0 Å². The molecule has 150 valence electrons. The highest BCUT2D eigenvalue weighted by Crippen LogP contribution is 2.39. The molecule has 0 radical (unpaired) electrons. The Morgan fingerprint density at radius 3 is 2.15 bits per heavy atom. The van der Waals surface area contributed by atoms with Crippen LogP contribution in [0.25, 0.3) is 0 Å². The fourth-order valence-electron chi connectivity index (χ4n) is 4.31. The number of hydrogen-bond donors (Lipinski definition) is 3. The first-order chi connectivity index (χ1) is 13.0. The minimum absolute atomic E-state index is 0.0488. The van der Waals surface area contributed by atoms with Crippen molar-refractivity contribution in [3.8, 4) is 6.07 Å². The zero-order valence-corrected chi connectivity index (χ0v) is 16.4. The Morgan fingerprint density at radius 1 is 1.00 bits per heavy atom. The first-order valence-corrected chi connectivity index (χ1v) is 10.5. The van der Waals surface area contributed by atoms with Gasteiger partial charge < -0.3 is 16.0 Å². The van der Waals surface area contributed by atoms with Crippen LogP contribution in [0.1, 0.15) is 64.7 Å². The Bertz CT molecular complexity index is 571. The van der Waals surface area contributed by atoms with Crippen LogP contribution in [0.5, 0.6) is 0 Å². The van der Waals surface area contributed by atoms with Crippen molar-refractivity contribution >= 4 is 11.9 Å². The lowest BCUT2D eigenvalue weighted by atomic mass is 9.96. The summed E-state index contributed by atoms with van der Waals surface area (Å²) >= 11 is 0. The van der Waals surface area contributed by atoms with Gasteiger partial charge in [0.25, 0.3) is 0 Å². The quantitative estimate of drug-likeness (QED) is 0.660. The summed E-state index contributed by atoms with van der Waals surface area (Å²) in [4.78, 5) is 26.6. The summed E-state index contributed by atoms with van der Waals surface area (Å²) in [5.41, 5.74) is -0.728. The number of nitriles is 1. The molecular formula is C20H33N5O2. The van der Waals surface area contributed by atoms with Crippen LogP contribution >= 0.6 is 0 Å². The van der Waals surface area contributed by atoms with Crippen LogP contribution in [0, 0.1) is 17.2 Å². The monoisotopic (exact) mass is 375 g/mol. The average Bonchev–Trinajstić information content (AvgIpc) is 3.49. The van der Waals surface area contributed by atoms with Crippen molar-refractivity contribution in [1.29, 1.82) is 5.26 Å². The van der Waals surface area contributed by atoms with Crippen molar-refractivity contribution in [3.05, 3.63) is 0 Å². The summed E-state index contributed by atoms with van der Waals surface area (Å²) in [6.07, 6.45) is 9.60. The van der Waals surface area contributed by atoms with E-state index >= 15 is 0 Å². The molecule has 7 heteroatoms. The van der Waals surface area contributed by atoms with Gasteiger partial charge in [0, 0.05) is 25.2 Å². The number of nitrogens with zero attached hydrogens (tertiary/aromatic N) is 2. The molecule has 0 aromatic heterocycles. The van der Waals surface area contributed by atoms with Crippen LogP contribution < -0.4 is 16.0 Å². The van der Waals surface area contributed by atoms with Crippen molar-refractivity contribution in [3.63, 3.8) is 0 Å². The van der Waals surface area contributed by atoms with E-state index in [4.69, 9.17) is 0 Å². The Morgan fingerprint density at radius 2 is 1.59 bits per heavy atom. The maximum absolute atomic E-state index is 12.3. The molecule has 27 heavy (non-hydrogen) atoms. The van der Waals surface area contributed by atoms with Crippen molar-refractivity contribution in [1.82, 2.24) is 20.9 Å². The number of nitrogens with one attached hydrogen (secondary N) is 3. The van der Waals surface area contributed by atoms with Gasteiger partial charge in [-0.3, -0.25) is 9.69 Å². The Balaban J connectivity index is 1.34. The number of urea groups is 1. The predicted molar refractivity (Wildman–Crippen MR) is 103 cm³/mol. The molecular weight excluding hydrogens is 342 g/mol. The minimum atomic E-state index is -0.728. The predicted octanol–water partition coefficient (Wildman–Crippen LogP) is 1.89. The molecule has 2 saturated carbocycles. The molecule has 7 nitrogen and oxygen atoms in total. The van der Waals surface area contributed by atoms with Gasteiger partial charge in [-0.15, -0.1) is 0 Å². The molecule has 0 unspecified atom stereocenters. The molecule has 2 aliphatic carbocycles. The highest BCUT2D eigenvalue weighted by molar-refractivity contribution is 5.79. The summed E-state index contributed by atoms with van der Waals surface area (Å²) in [5, 5.41) is 18.5. The average molecular weight is 376 g/mol. The fraction of sp³-hybridized carbons (Fsp3) is 0.850. The molecule has 1 atom stereocenters. The first kappa shape index (κ1) is 19.9. The first-order valence-electron chi connectivity index (χ1n) is 10.5. The molecule has 0 aromatic carbocycles. The summed E-state index contributed by atoms with van der Waals surface area (Å²) in [7, 11) is 0. The lowest BCUT2D eigenvalue weighted by Gasteiger charge is -2.33. The van der Waals surface area contributed by atoms with Crippen molar-refractivity contribution in [2.24, 2.45) is 5.92 Å². The minimum Gasteiger partial charge on any atom is -0.337 e. The van der Waals surface area contributed by atoms with Gasteiger partial charge in [0.1, 0.15) is 5.54 Å². The maximum Gasteiger partial charge on any atom is 0.315 e. The van der Waals surface area contributed by atoms with E-state index in [2.05, 4.69) is 26.9 Å². The smallest absolute Gasteiger partial charge is 0.315 e. The van der Waals surface area contributed by atoms with Crippen molar-refractivity contribution < 1.29 is 9.59 Å². The molecule has 0 bridgehead atoms. The number of hydrogen-bond acceptors (Lipinski definition) is 4. The molecule has 3 fully saturated rings. The van der Waals surface area contributed by atoms with E-state index in [9.17, 15) is 14.9 Å². The third-order valence-electron chi connectivity index (χ3n) is 6.26. The van der Waals surface area contributed by atoms with Gasteiger partial charge >= 0.3 is 6.03 Å². The van der Waals surface area contributed by atoms with Gasteiger partial charge in [-0.05, 0) is 51.4 Å². The fourth-order valence-corrected chi connectivity index (χ4v) is 4.31. The Hall–Kier alpha value is -1.81. The van der Waals surface area contributed by atoms with Crippen LogP contribution in [-0.2, 0) is 4.79 Å². The summed E-state index contributed by atoms with van der Waals surface area (Å²) < 4.78 is 0. The molecule has 0 spiro atoms. The second-order valence-corrected chi connectivity index (χ2v) is 8.64. The van der Waals surface area contributed by atoms with Gasteiger partial charge in [0.2, 0.25) is 5.91 Å². The summed E-state index contributed by atoms with van der Waals surface area (Å²) in [5.74, 6) is 0.219. The third kappa shape index (κ3) is 5.83. The second-order valence-electron chi connectivity index (χ2n) is 8.64. The lowest BCUT2D eigenvalue weighted by Crippen LogP contribution is -2.53. The topological polar surface area (TPSA) is 97.3 Å². The molecule has 3 amide bonds. The molecule has 3 aliphatic rings. The molecule has 3 rings (SSSR count). The van der Waals surface area contributed by atoms with Crippen LogP contribution in [-0.4, -0.2) is 54.1 Å². The van der Waals surface area contributed by atoms with Gasteiger partial charge in [-0.1, -0.05) is 19.3 Å². The SMILES string of the molecule is C[C@](C#N)(NC(=O)CN1CCC(NC(=O)NC2CCCCC2)CC1)C1CC1. The summed E-state index contributed by atoms with van der Waals surface area (Å²) in [6, 6.07) is 2.71. The van der Waals surface area contributed by atoms with Gasteiger partial charge in [-0.25, -0.2) is 4.79 Å². The van der Waals surface area contributed by atoms with Gasteiger partial charge in [0.05, 0.1) is 12.6 Å². The van der Waals surface area contributed by atoms with Gasteiger partial charge in [0.15, 0.2) is 0 Å². The summed E-state index contributed by atoms with van der Waals surface area (Å²) in [6.45, 7) is 3.72. The van der Waals surface area contributed by atoms with E-state index in [1.54, 1.807) is 0 Å². The van der Waals surface area contributed by atoms with Gasteiger partial charge in [-0.2, -0.15) is 5.26 Å². The highest BCUT2D eigenvalue weighted by Gasteiger charge is 2.43. The molecule has 0 aromatic rings. The molecule has 1 saturated heterocycles. The van der Waals surface area contributed by atoms with E-state index in [0.717, 1.165) is 51.6 Å². The molecule has 3 N–H and O–H groups in total. The Kier molecular flexibility index (Phi) is 6.59. The van der Waals surface area contributed by atoms with Crippen molar-refractivity contribution in [2.75, 3.05) is 19.6 Å². The van der Waals surface area contributed by atoms with Crippen LogP contribution in [0.2, 0.25) is 0 Å². The normalized spacial score (nSPS) is 24.4. The largest absolute Gasteiger partial charge is 0.337 e. The maximum atomic E-state index is 12.3. The number of likely N-dealkylation sites (tertiary alicyclic amines) is 1. The zero-order valence-electron chi connectivity index (χ0n) is 16.4. The number of carbonyl (C=O) groups excluding carboxylic acids is 2. The number of piperidine rings is 1. The molecule has 1 aliphatic heterocycles. The van der Waals surface area contributed by atoms with Crippen molar-refractivity contribution in [2.45, 2.75) is 82.3 Å². The van der Waals surface area contributed by atoms with E-state index in [0.29, 0.717) is 18.5 Å². The Labute approximate surface area is 162 Å². The number of carbonyl (C=O) groups is 2. The molecule has 1 heterocycles. The number of rotatable bonds is 6. The third-order valence-corrected chi connectivity index (χ3v) is 6.26. The van der Waals surface area contributed by atoms with E-state index in [1.165, 1.54) is 19.3 Å². The number of amides is 3. The van der Waals surface area contributed by atoms with E-state index < -0.39 is 5.54 Å². The van der Waals surface area contributed by atoms with Crippen LogP contribution in [0.3, 0.4) is 0 Å². The van der Waals surface area contributed by atoms with E-state index in [1.807, 2.05) is 6.92 Å². The zero-order chi connectivity index (χ0) is 19.3. The highest BCUT2D eigenvalue weighted by atomic mass is 16.2. The lowest BCUT2D eigenvalue weighted by molar-refractivity contribution is -0.124. The standard InChI is InChI=1S/C20H33N5O2/c1-20(14-21,15-7-8-15)24-18(26)13-25-11-9-17(10-12-25)23-19(27)22-16-5-3-2-4-6-16/h15-17H,2-13H2,1H3,(H,24,26)(H2,22,23,27)/t20-/m1/s1. The second kappa shape index (κ2) is 8.92.